The molecule has 2 aliphatic carbocycles. The molecule has 5 aromatic rings. The molecule has 1 saturated heterocycles. The zero-order chi connectivity index (χ0) is 43.9. The van der Waals surface area contributed by atoms with Crippen molar-refractivity contribution in [3.05, 3.63) is 89.4 Å². The molecule has 0 unspecified atom stereocenters. The maximum atomic E-state index is 14.6. The van der Waals surface area contributed by atoms with Gasteiger partial charge in [-0.2, -0.15) is 5.10 Å². The molecule has 15 nitrogen and oxygen atoms in total. The number of nitrogens with one attached hydrogen (secondary N) is 2. The highest BCUT2D eigenvalue weighted by Crippen LogP contribution is 2.48. The van der Waals surface area contributed by atoms with E-state index in [1.165, 1.54) is 6.33 Å². The zero-order valence-electron chi connectivity index (χ0n) is 36.4. The highest BCUT2D eigenvalue weighted by atomic mass is 16.7. The van der Waals surface area contributed by atoms with Gasteiger partial charge in [0.15, 0.2) is 23.0 Å². The van der Waals surface area contributed by atoms with Crippen LogP contribution in [-0.2, 0) is 16.0 Å². The minimum absolute atomic E-state index is 0.0320. The van der Waals surface area contributed by atoms with Gasteiger partial charge in [-0.05, 0) is 87.3 Å². The molecule has 5 heterocycles. The zero-order valence-corrected chi connectivity index (χ0v) is 36.4. The summed E-state index contributed by atoms with van der Waals surface area (Å²) in [6.45, 7) is 3.47. The summed E-state index contributed by atoms with van der Waals surface area (Å²) < 4.78 is 29.1. The Hall–Kier alpha value is -6.64. The lowest BCUT2D eigenvalue weighted by Crippen LogP contribution is -2.55. The molecule has 332 valence electrons. The van der Waals surface area contributed by atoms with Crippen LogP contribution in [0, 0.1) is 24.7 Å². The fraction of sp³-hybridized carbons (Fsp3) is 0.429. The molecule has 3 atom stereocenters. The largest absolute Gasteiger partial charge is 0.493 e. The fourth-order valence-corrected chi connectivity index (χ4v) is 9.85. The summed E-state index contributed by atoms with van der Waals surface area (Å²) >= 11 is 0. The summed E-state index contributed by atoms with van der Waals surface area (Å²) in [5.41, 5.74) is 6.14. The Kier molecular flexibility index (Phi) is 11.3. The van der Waals surface area contributed by atoms with Gasteiger partial charge in [-0.1, -0.05) is 42.7 Å². The van der Waals surface area contributed by atoms with Crippen molar-refractivity contribution in [1.29, 1.82) is 0 Å². The number of rotatable bonds is 13. The van der Waals surface area contributed by atoms with Crippen molar-refractivity contribution >= 4 is 34.5 Å². The van der Waals surface area contributed by atoms with E-state index in [9.17, 15) is 14.4 Å². The molecule has 3 amide bonds. The molecule has 2 saturated carbocycles. The van der Waals surface area contributed by atoms with Crippen LogP contribution in [0.1, 0.15) is 78.4 Å². The first-order chi connectivity index (χ1) is 31.3. The van der Waals surface area contributed by atoms with Gasteiger partial charge in [-0.15, -0.1) is 0 Å². The standard InChI is InChI=1S/C49H53N7O8/c1-28-7-6-8-30(21-28)22-36(53-47(57)35-24-50-45-43(35)51-26-52-44(45)41-38(62-25-29-11-12-29)15-16-39-46(41)64-27-63-39)49(59)55-19-17-32(18-20-55)56-48(58)34-10-5-4-9-33(34)42(54-56)31-13-14-37(60-2)40(23-31)61-3/h6-8,13-16,21,23-24,26,29,32-34,36,50H,4-5,9-12,17-20,22,25,27H2,1-3H3,(H,53,57)/t33-,34+,36-/m0/s1. The van der Waals surface area contributed by atoms with E-state index < -0.39 is 11.9 Å². The number of piperidine rings is 1. The van der Waals surface area contributed by atoms with Crippen molar-refractivity contribution in [2.45, 2.75) is 76.8 Å². The molecule has 2 N–H and O–H groups in total. The average Bonchev–Trinajstić information content (AvgIpc) is 3.85. The summed E-state index contributed by atoms with van der Waals surface area (Å²) in [4.78, 5) is 57.5. The number of benzene rings is 3. The maximum Gasteiger partial charge on any atom is 0.255 e. The van der Waals surface area contributed by atoms with Crippen LogP contribution in [0.3, 0.4) is 0 Å². The molecule has 0 radical (unpaired) electrons. The van der Waals surface area contributed by atoms with Crippen LogP contribution in [0.25, 0.3) is 22.3 Å². The number of hydrogen-bond donors (Lipinski definition) is 2. The molecule has 3 aromatic carbocycles. The predicted octanol–water partition coefficient (Wildman–Crippen LogP) is 6.85. The highest BCUT2D eigenvalue weighted by molar-refractivity contribution is 6.09. The lowest BCUT2D eigenvalue weighted by atomic mass is 9.73. The number of aromatic nitrogens is 3. The molecule has 5 aliphatic rings. The Morgan fingerprint density at radius 1 is 0.906 bits per heavy atom. The fourth-order valence-electron chi connectivity index (χ4n) is 9.85. The van der Waals surface area contributed by atoms with Crippen LogP contribution in [0.2, 0.25) is 0 Å². The molecule has 15 heteroatoms. The number of H-pyrrole nitrogens is 1. The SMILES string of the molecule is COc1ccc(C2=NN(C3CCN(C(=O)[C@H](Cc4cccc(C)c4)NC(=O)c4c[nH]c5c(-c6c(OCC7CC7)ccc7c6OCO7)ncnc45)CC3)C(=O)[C@@H]3CCCC[C@H]23)cc1OC. The van der Waals surface area contributed by atoms with E-state index in [2.05, 4.69) is 20.3 Å². The van der Waals surface area contributed by atoms with Crippen LogP contribution in [0.5, 0.6) is 28.7 Å². The van der Waals surface area contributed by atoms with E-state index in [1.807, 2.05) is 66.4 Å². The molecule has 64 heavy (non-hydrogen) atoms. The molecule has 3 aliphatic heterocycles. The molecular formula is C49H53N7O8. The van der Waals surface area contributed by atoms with Crippen molar-refractivity contribution in [1.82, 2.24) is 30.2 Å². The number of hydrazone groups is 1. The number of hydrogen-bond acceptors (Lipinski definition) is 11. The minimum atomic E-state index is -0.878. The summed E-state index contributed by atoms with van der Waals surface area (Å²) in [6.07, 6.45) is 10.5. The normalized spacial score (nSPS) is 20.1. The van der Waals surface area contributed by atoms with Gasteiger partial charge in [-0.3, -0.25) is 14.4 Å². The number of nitrogens with zero attached hydrogens (tertiary/aromatic N) is 5. The van der Waals surface area contributed by atoms with E-state index in [-0.39, 0.29) is 48.5 Å². The van der Waals surface area contributed by atoms with E-state index in [1.54, 1.807) is 25.4 Å². The summed E-state index contributed by atoms with van der Waals surface area (Å²) in [6, 6.07) is 16.4. The topological polar surface area (TPSA) is 170 Å². The van der Waals surface area contributed by atoms with Crippen LogP contribution in [0.15, 0.2) is 72.2 Å². The second-order valence-electron chi connectivity index (χ2n) is 17.6. The van der Waals surface area contributed by atoms with E-state index >= 15 is 0 Å². The number of aromatic amines is 1. The van der Waals surface area contributed by atoms with E-state index in [0.29, 0.717) is 89.5 Å². The van der Waals surface area contributed by atoms with Crippen LogP contribution >= 0.6 is 0 Å². The van der Waals surface area contributed by atoms with E-state index in [0.717, 1.165) is 60.9 Å². The highest BCUT2D eigenvalue weighted by Gasteiger charge is 2.44. The summed E-state index contributed by atoms with van der Waals surface area (Å²) in [5.74, 6) is 2.80. The maximum absolute atomic E-state index is 14.6. The quantitative estimate of drug-likeness (QED) is 0.128. The van der Waals surface area contributed by atoms with Crippen LogP contribution in [0.4, 0.5) is 0 Å². The molecule has 3 fully saturated rings. The van der Waals surface area contributed by atoms with Crippen molar-refractivity contribution in [3.63, 3.8) is 0 Å². The average molecular weight is 868 g/mol. The van der Waals surface area contributed by atoms with Crippen molar-refractivity contribution in [2.24, 2.45) is 22.9 Å². The van der Waals surface area contributed by atoms with Gasteiger partial charge in [0.05, 0.1) is 49.2 Å². The second kappa shape index (κ2) is 17.5. The van der Waals surface area contributed by atoms with Gasteiger partial charge in [0.25, 0.3) is 5.91 Å². The third-order valence-electron chi connectivity index (χ3n) is 13.4. The smallest absolute Gasteiger partial charge is 0.255 e. The van der Waals surface area contributed by atoms with Crippen LogP contribution < -0.4 is 29.0 Å². The molecule has 0 bridgehead atoms. The molecular weight excluding hydrogens is 815 g/mol. The Morgan fingerprint density at radius 2 is 1.70 bits per heavy atom. The third kappa shape index (κ3) is 7.96. The number of fused-ring (bicyclic) bond motifs is 3. The van der Waals surface area contributed by atoms with Crippen molar-refractivity contribution < 1.29 is 38.1 Å². The van der Waals surface area contributed by atoms with Gasteiger partial charge in [-0.25, -0.2) is 15.0 Å². The Morgan fingerprint density at radius 3 is 2.48 bits per heavy atom. The number of amides is 3. The number of likely N-dealkylation sites (tertiary alicyclic amines) is 1. The predicted molar refractivity (Wildman–Crippen MR) is 238 cm³/mol. The van der Waals surface area contributed by atoms with Gasteiger partial charge in [0.2, 0.25) is 18.6 Å². The number of aryl methyl sites for hydroxylation is 1. The lowest BCUT2D eigenvalue weighted by Gasteiger charge is -2.43. The number of carbonyl (C=O) groups excluding carboxylic acids is 3. The van der Waals surface area contributed by atoms with Gasteiger partial charge >= 0.3 is 0 Å². The van der Waals surface area contributed by atoms with Crippen molar-refractivity contribution in [2.75, 3.05) is 40.7 Å². The Balaban J connectivity index is 0.895. The number of ether oxygens (including phenoxy) is 5. The Labute approximate surface area is 371 Å². The van der Waals surface area contributed by atoms with Crippen molar-refractivity contribution in [3.8, 4) is 40.0 Å². The first kappa shape index (κ1) is 41.4. The van der Waals surface area contributed by atoms with Gasteiger partial charge in [0, 0.05) is 43.1 Å². The molecule has 0 spiro atoms. The first-order valence-electron chi connectivity index (χ1n) is 22.4. The van der Waals surface area contributed by atoms with E-state index in [4.69, 9.17) is 28.8 Å². The van der Waals surface area contributed by atoms with Crippen LogP contribution in [-0.4, -0.2) is 101 Å². The first-order valence-corrected chi connectivity index (χ1v) is 22.4. The molecule has 10 rings (SSSR count). The third-order valence-corrected chi connectivity index (χ3v) is 13.4. The molecule has 2 aromatic heterocycles. The number of carbonyl (C=O) groups is 3. The monoisotopic (exact) mass is 867 g/mol. The summed E-state index contributed by atoms with van der Waals surface area (Å²) in [7, 11) is 3.23. The summed E-state index contributed by atoms with van der Waals surface area (Å²) in [5, 5.41) is 9.92. The second-order valence-corrected chi connectivity index (χ2v) is 17.6. The Bertz CT molecular complexity index is 2630. The van der Waals surface area contributed by atoms with Gasteiger partial charge in [0.1, 0.15) is 29.3 Å². The van der Waals surface area contributed by atoms with Gasteiger partial charge < -0.3 is 38.9 Å². The number of methoxy groups -OCH3 is 2. The lowest BCUT2D eigenvalue weighted by molar-refractivity contribution is -0.143. The minimum Gasteiger partial charge on any atom is -0.493 e.